The Balaban J connectivity index is 1.22. The maximum absolute atomic E-state index is 15.2. The van der Waals surface area contributed by atoms with Crippen molar-refractivity contribution in [1.82, 2.24) is 9.13 Å². The largest absolute Gasteiger partial charge is 0.417 e. The van der Waals surface area contributed by atoms with Crippen LogP contribution in [0.25, 0.3) is 99.5 Å². The van der Waals surface area contributed by atoms with Crippen LogP contribution in [0.2, 0.25) is 0 Å². The van der Waals surface area contributed by atoms with Crippen LogP contribution >= 0.6 is 0 Å². The van der Waals surface area contributed by atoms with Crippen molar-refractivity contribution >= 4 is 43.6 Å². The van der Waals surface area contributed by atoms with E-state index in [1.165, 1.54) is 17.2 Å². The number of nitriles is 1. The molecule has 0 spiro atoms. The van der Waals surface area contributed by atoms with Crippen molar-refractivity contribution in [2.45, 2.75) is 26.9 Å². The Morgan fingerprint density at radius 3 is 1.58 bits per heavy atom. The standard InChI is InChI=1S/C59H40F3N3/c1-36-11-8-14-40(29-36)42-22-27-55-50(32-42)45-16-4-6-19-53(45)64(55)44-24-25-47(58-38(3)13-10-18-52(58)59(60,61)62)48(34-44)49-31-39(35-63)21-26-56(49)65-54-20-7-5-17-46(54)51-33-43(23-28-57(51)65)41-15-9-12-37(2)30-41/h4-34H,1-3H3. The van der Waals surface area contributed by atoms with Crippen molar-refractivity contribution in [3.8, 4) is 62.0 Å². The maximum atomic E-state index is 15.2. The minimum Gasteiger partial charge on any atom is -0.309 e. The van der Waals surface area contributed by atoms with E-state index in [1.807, 2.05) is 54.6 Å². The van der Waals surface area contributed by atoms with E-state index in [9.17, 15) is 5.26 Å². The number of rotatable bonds is 6. The van der Waals surface area contributed by atoms with Crippen molar-refractivity contribution in [1.29, 1.82) is 5.26 Å². The van der Waals surface area contributed by atoms with Crippen molar-refractivity contribution < 1.29 is 13.2 Å². The Morgan fingerprint density at radius 1 is 0.431 bits per heavy atom. The van der Waals surface area contributed by atoms with Crippen LogP contribution in [0.4, 0.5) is 13.2 Å². The lowest BCUT2D eigenvalue weighted by Gasteiger charge is -2.22. The number of hydrogen-bond acceptors (Lipinski definition) is 1. The highest BCUT2D eigenvalue weighted by atomic mass is 19.4. The van der Waals surface area contributed by atoms with Gasteiger partial charge in [-0.1, -0.05) is 126 Å². The topological polar surface area (TPSA) is 33.6 Å². The summed E-state index contributed by atoms with van der Waals surface area (Å²) >= 11 is 0. The third kappa shape index (κ3) is 6.67. The number of fused-ring (bicyclic) bond motifs is 6. The monoisotopic (exact) mass is 847 g/mol. The zero-order valence-electron chi connectivity index (χ0n) is 35.9. The van der Waals surface area contributed by atoms with Crippen LogP contribution in [0.15, 0.2) is 188 Å². The van der Waals surface area contributed by atoms with Gasteiger partial charge < -0.3 is 9.13 Å². The molecule has 0 fully saturated rings. The predicted octanol–water partition coefficient (Wildman–Crippen LogP) is 16.4. The van der Waals surface area contributed by atoms with E-state index < -0.39 is 11.7 Å². The molecule has 9 aromatic carbocycles. The van der Waals surface area contributed by atoms with Crippen LogP contribution in [-0.2, 0) is 6.18 Å². The molecule has 0 radical (unpaired) electrons. The molecule has 0 N–H and O–H groups in total. The van der Waals surface area contributed by atoms with Crippen LogP contribution in [0.3, 0.4) is 0 Å². The van der Waals surface area contributed by atoms with Crippen molar-refractivity contribution in [2.75, 3.05) is 0 Å². The molecule has 11 rings (SSSR count). The molecule has 0 bridgehead atoms. The Morgan fingerprint density at radius 2 is 0.985 bits per heavy atom. The molecule has 0 atom stereocenters. The summed E-state index contributed by atoms with van der Waals surface area (Å²) in [7, 11) is 0. The molecule has 0 aliphatic carbocycles. The lowest BCUT2D eigenvalue weighted by Crippen LogP contribution is -2.09. The van der Waals surface area contributed by atoms with Gasteiger partial charge in [-0.05, 0) is 138 Å². The van der Waals surface area contributed by atoms with Crippen LogP contribution < -0.4 is 0 Å². The van der Waals surface area contributed by atoms with Crippen LogP contribution in [-0.4, -0.2) is 9.13 Å². The zero-order valence-corrected chi connectivity index (χ0v) is 35.9. The first-order chi connectivity index (χ1) is 31.6. The normalized spacial score (nSPS) is 11.8. The SMILES string of the molecule is Cc1cccc(-c2ccc3c(c2)c2ccccc2n3-c2ccc(-c3c(C)cccc3C(F)(F)F)c(-c3cc(C#N)ccc3-n3c4ccccc4c4cc(-c5cccc(C)c5)ccc43)c2)c1. The average Bonchev–Trinajstić information content (AvgIpc) is 3.83. The van der Waals surface area contributed by atoms with E-state index in [0.29, 0.717) is 27.8 Å². The highest BCUT2D eigenvalue weighted by molar-refractivity contribution is 6.12. The zero-order chi connectivity index (χ0) is 44.6. The Labute approximate surface area is 374 Å². The van der Waals surface area contributed by atoms with Crippen molar-refractivity contribution in [3.05, 3.63) is 216 Å². The fourth-order valence-electron chi connectivity index (χ4n) is 9.88. The van der Waals surface area contributed by atoms with Gasteiger partial charge in [-0.15, -0.1) is 0 Å². The van der Waals surface area contributed by atoms with Gasteiger partial charge >= 0.3 is 6.18 Å². The number of aryl methyl sites for hydroxylation is 3. The predicted molar refractivity (Wildman–Crippen MR) is 261 cm³/mol. The van der Waals surface area contributed by atoms with Crippen molar-refractivity contribution in [3.63, 3.8) is 0 Å². The molecule has 3 nitrogen and oxygen atoms in total. The maximum Gasteiger partial charge on any atom is 0.417 e. The van der Waals surface area contributed by atoms with Gasteiger partial charge in [0.2, 0.25) is 0 Å². The smallest absolute Gasteiger partial charge is 0.309 e. The lowest BCUT2D eigenvalue weighted by atomic mass is 9.87. The van der Waals surface area contributed by atoms with E-state index >= 15 is 13.2 Å². The molecule has 0 unspecified atom stereocenters. The molecule has 0 aliphatic heterocycles. The molecule has 312 valence electrons. The number of hydrogen-bond donors (Lipinski definition) is 0. The molecule has 6 heteroatoms. The Bertz CT molecular complexity index is 3760. The van der Waals surface area contributed by atoms with Gasteiger partial charge in [0, 0.05) is 32.8 Å². The minimum absolute atomic E-state index is 0.102. The van der Waals surface area contributed by atoms with Gasteiger partial charge in [-0.2, -0.15) is 18.4 Å². The van der Waals surface area contributed by atoms with Gasteiger partial charge in [0.05, 0.1) is 45.0 Å². The third-order valence-electron chi connectivity index (χ3n) is 12.8. The third-order valence-corrected chi connectivity index (χ3v) is 12.8. The van der Waals surface area contributed by atoms with Gasteiger partial charge in [0.15, 0.2) is 0 Å². The molecule has 65 heavy (non-hydrogen) atoms. The van der Waals surface area contributed by atoms with Gasteiger partial charge in [-0.25, -0.2) is 0 Å². The van der Waals surface area contributed by atoms with Gasteiger partial charge in [0.1, 0.15) is 0 Å². The summed E-state index contributed by atoms with van der Waals surface area (Å²) in [6.45, 7) is 5.90. The van der Waals surface area contributed by atoms with Crippen LogP contribution in [0.1, 0.15) is 27.8 Å². The summed E-state index contributed by atoms with van der Waals surface area (Å²) in [4.78, 5) is 0. The first-order valence-corrected chi connectivity index (χ1v) is 21.6. The molecule has 0 saturated carbocycles. The summed E-state index contributed by atoms with van der Waals surface area (Å²) in [5, 5.41) is 14.7. The molecule has 0 saturated heterocycles. The second-order valence-corrected chi connectivity index (χ2v) is 17.0. The highest BCUT2D eigenvalue weighted by Crippen LogP contribution is 2.47. The quantitative estimate of drug-likeness (QED) is 0.164. The summed E-state index contributed by atoms with van der Waals surface area (Å²) < 4.78 is 49.9. The first-order valence-electron chi connectivity index (χ1n) is 21.6. The Hall–Kier alpha value is -8.14. The van der Waals surface area contributed by atoms with E-state index in [0.717, 1.165) is 83.3 Å². The summed E-state index contributed by atoms with van der Waals surface area (Å²) in [6, 6.07) is 64.3. The molecule has 11 aromatic rings. The van der Waals surface area contributed by atoms with Gasteiger partial charge in [-0.3, -0.25) is 0 Å². The minimum atomic E-state index is -4.63. The molecule has 2 aromatic heterocycles. The average molecular weight is 848 g/mol. The molecular weight excluding hydrogens is 808 g/mol. The number of benzene rings is 9. The van der Waals surface area contributed by atoms with E-state index in [-0.39, 0.29) is 5.56 Å². The highest BCUT2D eigenvalue weighted by Gasteiger charge is 2.35. The second-order valence-electron chi connectivity index (χ2n) is 17.0. The second kappa shape index (κ2) is 15.3. The van der Waals surface area contributed by atoms with E-state index in [2.05, 4.69) is 138 Å². The fraction of sp³-hybridized carbons (Fsp3) is 0.0678. The van der Waals surface area contributed by atoms with Crippen LogP contribution in [0.5, 0.6) is 0 Å². The molecular formula is C59H40F3N3. The number of aromatic nitrogens is 2. The van der Waals surface area contributed by atoms with E-state index in [4.69, 9.17) is 0 Å². The van der Waals surface area contributed by atoms with Gasteiger partial charge in [0.25, 0.3) is 0 Å². The molecule has 0 amide bonds. The number of halogens is 3. The van der Waals surface area contributed by atoms with Crippen LogP contribution in [0, 0.1) is 32.1 Å². The number of nitrogens with zero attached hydrogens (tertiary/aromatic N) is 3. The number of para-hydroxylation sites is 2. The summed E-state index contributed by atoms with van der Waals surface area (Å²) in [6.07, 6.45) is -4.63. The summed E-state index contributed by atoms with van der Waals surface area (Å²) in [5.41, 5.74) is 13.9. The fourth-order valence-corrected chi connectivity index (χ4v) is 9.88. The van der Waals surface area contributed by atoms with Crippen molar-refractivity contribution in [2.24, 2.45) is 0 Å². The summed E-state index contributed by atoms with van der Waals surface area (Å²) in [5.74, 6) is 0. The Kier molecular flexibility index (Phi) is 9.34. The van der Waals surface area contributed by atoms with E-state index in [1.54, 1.807) is 19.1 Å². The number of alkyl halides is 3. The molecule has 2 heterocycles. The molecule has 0 aliphatic rings. The first kappa shape index (κ1) is 39.7. The lowest BCUT2D eigenvalue weighted by molar-refractivity contribution is -0.137.